The van der Waals surface area contributed by atoms with Crippen molar-refractivity contribution in [3.63, 3.8) is 0 Å². The number of carbonyl (C=O) groups is 1. The zero-order valence-corrected chi connectivity index (χ0v) is 13.6. The molecule has 3 rings (SSSR count). The van der Waals surface area contributed by atoms with Crippen LogP contribution in [-0.2, 0) is 0 Å². The summed E-state index contributed by atoms with van der Waals surface area (Å²) < 4.78 is 5.30. The summed E-state index contributed by atoms with van der Waals surface area (Å²) in [6.07, 6.45) is 3.25. The van der Waals surface area contributed by atoms with E-state index in [0.717, 1.165) is 17.0 Å². The lowest BCUT2D eigenvalue weighted by molar-refractivity contribution is 0.103. The summed E-state index contributed by atoms with van der Waals surface area (Å²) in [7, 11) is 1.63. The molecule has 1 heterocycles. The molecule has 0 amide bonds. The minimum Gasteiger partial charge on any atom is -0.497 e. The van der Waals surface area contributed by atoms with Gasteiger partial charge in [0.15, 0.2) is 5.78 Å². The Morgan fingerprint density at radius 1 is 1.08 bits per heavy atom. The summed E-state index contributed by atoms with van der Waals surface area (Å²) in [6.45, 7) is 2.00. The first-order chi connectivity index (χ1) is 11.7. The molecule has 3 aromatic rings. The highest BCUT2D eigenvalue weighted by Gasteiger charge is 2.14. The first-order valence-electron chi connectivity index (χ1n) is 7.64. The van der Waals surface area contributed by atoms with E-state index >= 15 is 0 Å². The van der Waals surface area contributed by atoms with Gasteiger partial charge in [0.2, 0.25) is 0 Å². The smallest absolute Gasteiger partial charge is 0.196 e. The SMILES string of the molecule is COc1cc(C)cc(Nc2ccncc2C(=O)c2ccccc2)c1. The molecule has 1 N–H and O–H groups in total. The van der Waals surface area contributed by atoms with Gasteiger partial charge in [0, 0.05) is 29.7 Å². The van der Waals surface area contributed by atoms with Crippen molar-refractivity contribution >= 4 is 17.2 Å². The van der Waals surface area contributed by atoms with Crippen LogP contribution in [0.25, 0.3) is 0 Å². The van der Waals surface area contributed by atoms with E-state index in [1.54, 1.807) is 37.7 Å². The highest BCUT2D eigenvalue weighted by atomic mass is 16.5. The number of ether oxygens (including phenoxy) is 1. The minimum absolute atomic E-state index is 0.0641. The molecule has 0 radical (unpaired) electrons. The Hall–Kier alpha value is -3.14. The van der Waals surface area contributed by atoms with Crippen LogP contribution < -0.4 is 10.1 Å². The lowest BCUT2D eigenvalue weighted by atomic mass is 10.0. The van der Waals surface area contributed by atoms with E-state index in [1.165, 1.54) is 0 Å². The van der Waals surface area contributed by atoms with Gasteiger partial charge in [-0.2, -0.15) is 0 Å². The molecule has 120 valence electrons. The molecule has 0 aliphatic rings. The molecule has 2 aromatic carbocycles. The molecular formula is C20H18N2O2. The van der Waals surface area contributed by atoms with Gasteiger partial charge in [-0.05, 0) is 30.7 Å². The summed E-state index contributed by atoms with van der Waals surface area (Å²) in [5, 5.41) is 3.30. The second kappa shape index (κ2) is 6.96. The molecule has 1 aromatic heterocycles. The lowest BCUT2D eigenvalue weighted by Crippen LogP contribution is -2.06. The fraction of sp³-hybridized carbons (Fsp3) is 0.100. The molecule has 4 heteroatoms. The van der Waals surface area contributed by atoms with Crippen LogP contribution in [0.15, 0.2) is 67.0 Å². The Morgan fingerprint density at radius 2 is 1.88 bits per heavy atom. The van der Waals surface area contributed by atoms with Crippen molar-refractivity contribution in [3.05, 3.63) is 83.7 Å². The lowest BCUT2D eigenvalue weighted by Gasteiger charge is -2.13. The number of nitrogens with one attached hydrogen (secondary N) is 1. The first kappa shape index (κ1) is 15.7. The number of anilines is 2. The summed E-state index contributed by atoms with van der Waals surface area (Å²) in [6, 6.07) is 16.8. The summed E-state index contributed by atoms with van der Waals surface area (Å²) in [5.41, 5.74) is 3.81. The maximum Gasteiger partial charge on any atom is 0.196 e. The van der Waals surface area contributed by atoms with Crippen LogP contribution in [-0.4, -0.2) is 17.9 Å². The number of benzene rings is 2. The predicted octanol–water partition coefficient (Wildman–Crippen LogP) is 4.37. The van der Waals surface area contributed by atoms with Gasteiger partial charge >= 0.3 is 0 Å². The van der Waals surface area contributed by atoms with Gasteiger partial charge < -0.3 is 10.1 Å². The van der Waals surface area contributed by atoms with Gasteiger partial charge in [-0.25, -0.2) is 0 Å². The highest BCUT2D eigenvalue weighted by Crippen LogP contribution is 2.26. The van der Waals surface area contributed by atoms with E-state index in [-0.39, 0.29) is 5.78 Å². The standard InChI is InChI=1S/C20H18N2O2/c1-14-10-16(12-17(11-14)24-2)22-19-8-9-21-13-18(19)20(23)15-6-4-3-5-7-15/h3-13H,1-2H3,(H,21,22). The molecular weight excluding hydrogens is 300 g/mol. The third-order valence-electron chi connectivity index (χ3n) is 3.67. The zero-order chi connectivity index (χ0) is 16.9. The number of methoxy groups -OCH3 is 1. The Labute approximate surface area is 141 Å². The van der Waals surface area contributed by atoms with Crippen molar-refractivity contribution in [1.82, 2.24) is 4.98 Å². The number of carbonyl (C=O) groups excluding carboxylic acids is 1. The molecule has 0 fully saturated rings. The largest absolute Gasteiger partial charge is 0.497 e. The second-order valence-electron chi connectivity index (χ2n) is 5.48. The number of hydrogen-bond acceptors (Lipinski definition) is 4. The van der Waals surface area contributed by atoms with Crippen LogP contribution >= 0.6 is 0 Å². The van der Waals surface area contributed by atoms with Crippen molar-refractivity contribution in [1.29, 1.82) is 0 Å². The maximum absolute atomic E-state index is 12.7. The van der Waals surface area contributed by atoms with Crippen LogP contribution in [0, 0.1) is 6.92 Å². The zero-order valence-electron chi connectivity index (χ0n) is 13.6. The second-order valence-corrected chi connectivity index (χ2v) is 5.48. The first-order valence-corrected chi connectivity index (χ1v) is 7.64. The summed E-state index contributed by atoms with van der Waals surface area (Å²) in [5.74, 6) is 0.702. The minimum atomic E-state index is -0.0641. The topological polar surface area (TPSA) is 51.2 Å². The summed E-state index contributed by atoms with van der Waals surface area (Å²) in [4.78, 5) is 16.8. The van der Waals surface area contributed by atoms with Crippen molar-refractivity contribution in [2.45, 2.75) is 6.92 Å². The Morgan fingerprint density at radius 3 is 2.62 bits per heavy atom. The van der Waals surface area contributed by atoms with Crippen LogP contribution in [0.1, 0.15) is 21.5 Å². The number of hydrogen-bond donors (Lipinski definition) is 1. The van der Waals surface area contributed by atoms with Gasteiger partial charge in [-0.15, -0.1) is 0 Å². The average Bonchev–Trinajstić information content (AvgIpc) is 2.62. The molecule has 0 atom stereocenters. The maximum atomic E-state index is 12.7. The average molecular weight is 318 g/mol. The van der Waals surface area contributed by atoms with Crippen molar-refractivity contribution in [2.24, 2.45) is 0 Å². The van der Waals surface area contributed by atoms with Crippen molar-refractivity contribution in [3.8, 4) is 5.75 Å². The number of nitrogens with zero attached hydrogens (tertiary/aromatic N) is 1. The molecule has 0 spiro atoms. The van der Waals surface area contributed by atoms with E-state index in [1.807, 2.05) is 43.3 Å². The van der Waals surface area contributed by atoms with Gasteiger partial charge in [0.25, 0.3) is 0 Å². The normalized spacial score (nSPS) is 10.2. The van der Waals surface area contributed by atoms with Crippen LogP contribution in [0.3, 0.4) is 0 Å². The van der Waals surface area contributed by atoms with Crippen LogP contribution in [0.2, 0.25) is 0 Å². The third kappa shape index (κ3) is 3.43. The third-order valence-corrected chi connectivity index (χ3v) is 3.67. The Balaban J connectivity index is 1.95. The molecule has 4 nitrogen and oxygen atoms in total. The quantitative estimate of drug-likeness (QED) is 0.710. The van der Waals surface area contributed by atoms with Crippen LogP contribution in [0.5, 0.6) is 5.75 Å². The molecule has 0 aliphatic heterocycles. The van der Waals surface area contributed by atoms with E-state index in [9.17, 15) is 4.79 Å². The summed E-state index contributed by atoms with van der Waals surface area (Å²) >= 11 is 0. The molecule has 24 heavy (non-hydrogen) atoms. The fourth-order valence-corrected chi connectivity index (χ4v) is 2.52. The van der Waals surface area contributed by atoms with Gasteiger partial charge in [-0.1, -0.05) is 30.3 Å². The van der Waals surface area contributed by atoms with E-state index in [4.69, 9.17) is 4.74 Å². The molecule has 0 saturated carbocycles. The van der Waals surface area contributed by atoms with Gasteiger partial charge in [0.05, 0.1) is 18.4 Å². The number of aryl methyl sites for hydroxylation is 1. The van der Waals surface area contributed by atoms with E-state index in [2.05, 4.69) is 10.3 Å². The molecule has 0 unspecified atom stereocenters. The predicted molar refractivity (Wildman–Crippen MR) is 95.1 cm³/mol. The number of ketones is 1. The monoisotopic (exact) mass is 318 g/mol. The van der Waals surface area contributed by atoms with Gasteiger partial charge in [-0.3, -0.25) is 9.78 Å². The van der Waals surface area contributed by atoms with Crippen LogP contribution in [0.4, 0.5) is 11.4 Å². The van der Waals surface area contributed by atoms with E-state index < -0.39 is 0 Å². The number of rotatable bonds is 5. The fourth-order valence-electron chi connectivity index (χ4n) is 2.52. The van der Waals surface area contributed by atoms with Crippen molar-refractivity contribution in [2.75, 3.05) is 12.4 Å². The van der Waals surface area contributed by atoms with E-state index in [0.29, 0.717) is 16.8 Å². The highest BCUT2D eigenvalue weighted by molar-refractivity contribution is 6.12. The molecule has 0 saturated heterocycles. The number of pyridine rings is 1. The van der Waals surface area contributed by atoms with Gasteiger partial charge in [0.1, 0.15) is 5.75 Å². The Bertz CT molecular complexity index is 861. The number of aromatic nitrogens is 1. The molecule has 0 aliphatic carbocycles. The Kier molecular flexibility index (Phi) is 4.57. The van der Waals surface area contributed by atoms with Crippen molar-refractivity contribution < 1.29 is 9.53 Å². The molecule has 0 bridgehead atoms.